The number of benzene rings is 2. The molecule has 6 heteroatoms. The highest BCUT2D eigenvalue weighted by Gasteiger charge is 2.18. The van der Waals surface area contributed by atoms with Crippen LogP contribution in [0.15, 0.2) is 63.9 Å². The second-order valence-corrected chi connectivity index (χ2v) is 5.60. The van der Waals surface area contributed by atoms with Crippen molar-refractivity contribution >= 4 is 39.9 Å². The summed E-state index contributed by atoms with van der Waals surface area (Å²) in [6.45, 7) is -0.422. The Balaban J connectivity index is 2.41. The van der Waals surface area contributed by atoms with Crippen LogP contribution in [-0.2, 0) is 6.73 Å². The summed E-state index contributed by atoms with van der Waals surface area (Å²) >= 11 is 12.1. The quantitative estimate of drug-likeness (QED) is 0.797. The van der Waals surface area contributed by atoms with E-state index >= 15 is 0 Å². The van der Waals surface area contributed by atoms with Gasteiger partial charge in [-0.3, -0.25) is 9.13 Å². The van der Waals surface area contributed by atoms with Crippen molar-refractivity contribution in [3.8, 4) is 0 Å². The third-order valence-electron chi connectivity index (χ3n) is 3.43. The first kappa shape index (κ1) is 14.9. The second kappa shape index (κ2) is 6.01. The van der Waals surface area contributed by atoms with E-state index in [1.807, 2.05) is 36.4 Å². The molecule has 1 N–H and O–H groups in total. The zero-order valence-electron chi connectivity index (χ0n) is 11.4. The Morgan fingerprint density at radius 2 is 1.55 bits per heavy atom. The van der Waals surface area contributed by atoms with Crippen molar-refractivity contribution in [1.29, 1.82) is 0 Å². The van der Waals surface area contributed by atoms with E-state index in [-0.39, 0.29) is 4.49 Å². The molecule has 0 aliphatic carbocycles. The molecule has 3 aromatic rings. The topological polar surface area (TPSA) is 47.2 Å². The molecular weight excluding hydrogens is 323 g/mol. The molecule has 0 spiro atoms. The minimum absolute atomic E-state index is 0.0193. The van der Waals surface area contributed by atoms with Gasteiger partial charge in [0.1, 0.15) is 11.2 Å². The molecule has 112 valence electrons. The number of para-hydroxylation sites is 2. The molecule has 0 amide bonds. The Kier molecular flexibility index (Phi) is 4.07. The van der Waals surface area contributed by atoms with E-state index in [0.29, 0.717) is 22.3 Å². The zero-order valence-corrected chi connectivity index (χ0v) is 12.9. The van der Waals surface area contributed by atoms with Gasteiger partial charge in [0.2, 0.25) is 0 Å². The molecule has 0 bridgehead atoms. The van der Waals surface area contributed by atoms with Crippen LogP contribution in [0.1, 0.15) is 5.56 Å². The third-order valence-corrected chi connectivity index (χ3v) is 3.78. The number of imidazole rings is 1. The number of aliphatic hydroxyl groups excluding tert-OH is 1. The van der Waals surface area contributed by atoms with E-state index in [0.717, 1.165) is 0 Å². The lowest BCUT2D eigenvalue weighted by Crippen LogP contribution is -2.24. The van der Waals surface area contributed by atoms with Crippen LogP contribution in [0.2, 0.25) is 0 Å². The molecule has 0 saturated heterocycles. The highest BCUT2D eigenvalue weighted by Crippen LogP contribution is 2.28. The molecule has 4 nitrogen and oxygen atoms in total. The van der Waals surface area contributed by atoms with Gasteiger partial charge >= 0.3 is 5.69 Å². The van der Waals surface area contributed by atoms with E-state index in [9.17, 15) is 9.90 Å². The van der Waals surface area contributed by atoms with Crippen LogP contribution in [-0.4, -0.2) is 14.2 Å². The maximum atomic E-state index is 12.7. The van der Waals surface area contributed by atoms with Gasteiger partial charge in [-0.1, -0.05) is 65.7 Å². The minimum atomic E-state index is -0.422. The summed E-state index contributed by atoms with van der Waals surface area (Å²) in [5.41, 5.74) is 1.93. The van der Waals surface area contributed by atoms with Crippen molar-refractivity contribution < 1.29 is 5.11 Å². The van der Waals surface area contributed by atoms with Gasteiger partial charge in [-0.25, -0.2) is 4.79 Å². The molecule has 0 fully saturated rings. The summed E-state index contributed by atoms with van der Waals surface area (Å²) in [5.74, 6) is 0. The summed E-state index contributed by atoms with van der Waals surface area (Å²) in [5, 5.41) is 9.49. The number of hydrogen-bond donors (Lipinski definition) is 1. The fourth-order valence-corrected chi connectivity index (χ4v) is 2.87. The van der Waals surface area contributed by atoms with E-state index in [2.05, 4.69) is 0 Å². The fourth-order valence-electron chi connectivity index (χ4n) is 2.48. The summed E-state index contributed by atoms with van der Waals surface area (Å²) < 4.78 is 2.65. The Hall–Kier alpha value is -2.01. The Morgan fingerprint density at radius 1 is 0.955 bits per heavy atom. The predicted octanol–water partition coefficient (Wildman–Crippen LogP) is 3.40. The summed E-state index contributed by atoms with van der Waals surface area (Å²) in [6.07, 6.45) is 0. The van der Waals surface area contributed by atoms with Gasteiger partial charge in [-0.05, 0) is 12.1 Å². The average molecular weight is 335 g/mol. The molecule has 22 heavy (non-hydrogen) atoms. The number of halogens is 2. The molecule has 2 aromatic carbocycles. The van der Waals surface area contributed by atoms with Gasteiger partial charge in [-0.15, -0.1) is 0 Å². The Bertz CT molecular complexity index is 907. The van der Waals surface area contributed by atoms with Crippen LogP contribution >= 0.6 is 23.2 Å². The van der Waals surface area contributed by atoms with Crippen molar-refractivity contribution in [3.05, 3.63) is 75.1 Å². The smallest absolute Gasteiger partial charge is 0.335 e. The number of rotatable bonds is 3. The molecule has 0 saturated carbocycles. The lowest BCUT2D eigenvalue weighted by atomic mass is 10.1. The number of aromatic nitrogens is 2. The minimum Gasteiger partial charge on any atom is -0.376 e. The molecule has 3 rings (SSSR count). The van der Waals surface area contributed by atoms with Gasteiger partial charge in [0, 0.05) is 5.56 Å². The lowest BCUT2D eigenvalue weighted by Gasteiger charge is -2.09. The standard InChI is InChI=1S/C16H12Cl2N2O2/c17-15(18)14(11-6-2-1-3-7-11)20-13-9-5-4-8-12(13)19(10-21)16(20)22/h1-9,21H,10H2. The molecule has 0 radical (unpaired) electrons. The second-order valence-electron chi connectivity index (χ2n) is 4.65. The largest absolute Gasteiger partial charge is 0.376 e. The summed E-state index contributed by atoms with van der Waals surface area (Å²) in [6, 6.07) is 16.3. The van der Waals surface area contributed by atoms with Gasteiger partial charge in [-0.2, -0.15) is 0 Å². The van der Waals surface area contributed by atoms with Crippen molar-refractivity contribution in [2.75, 3.05) is 0 Å². The van der Waals surface area contributed by atoms with Crippen LogP contribution in [0.5, 0.6) is 0 Å². The van der Waals surface area contributed by atoms with Crippen LogP contribution in [0.3, 0.4) is 0 Å². The summed E-state index contributed by atoms with van der Waals surface area (Å²) in [4.78, 5) is 12.7. The van der Waals surface area contributed by atoms with E-state index in [1.54, 1.807) is 18.2 Å². The molecular formula is C16H12Cl2N2O2. The van der Waals surface area contributed by atoms with Crippen LogP contribution < -0.4 is 5.69 Å². The van der Waals surface area contributed by atoms with Crippen molar-refractivity contribution in [3.63, 3.8) is 0 Å². The first-order valence-corrected chi connectivity index (χ1v) is 7.33. The normalized spacial score (nSPS) is 10.9. The molecule has 0 atom stereocenters. The van der Waals surface area contributed by atoms with Crippen molar-refractivity contribution in [2.24, 2.45) is 0 Å². The fraction of sp³-hybridized carbons (Fsp3) is 0.0625. The highest BCUT2D eigenvalue weighted by atomic mass is 35.5. The van der Waals surface area contributed by atoms with Gasteiger partial charge in [0.15, 0.2) is 0 Å². The van der Waals surface area contributed by atoms with Crippen LogP contribution in [0.25, 0.3) is 16.7 Å². The van der Waals surface area contributed by atoms with Gasteiger partial charge in [0.25, 0.3) is 0 Å². The Labute approximate surface area is 136 Å². The summed E-state index contributed by atoms with van der Waals surface area (Å²) in [7, 11) is 0. The molecule has 0 aliphatic heterocycles. The number of aliphatic hydroxyl groups is 1. The van der Waals surface area contributed by atoms with Crippen LogP contribution in [0, 0.1) is 0 Å². The number of nitrogens with zero attached hydrogens (tertiary/aromatic N) is 2. The van der Waals surface area contributed by atoms with Crippen molar-refractivity contribution in [1.82, 2.24) is 9.13 Å². The maximum Gasteiger partial charge on any atom is 0.335 e. The molecule has 0 unspecified atom stereocenters. The SMILES string of the molecule is O=c1n(CO)c2ccccc2n1C(=C(Cl)Cl)c1ccccc1. The number of fused-ring (bicyclic) bond motifs is 1. The highest BCUT2D eigenvalue weighted by molar-refractivity contribution is 6.58. The first-order chi connectivity index (χ1) is 10.6. The molecule has 1 heterocycles. The van der Waals surface area contributed by atoms with E-state index in [4.69, 9.17) is 23.2 Å². The zero-order chi connectivity index (χ0) is 15.7. The van der Waals surface area contributed by atoms with Gasteiger partial charge in [0.05, 0.1) is 16.7 Å². The maximum absolute atomic E-state index is 12.7. The first-order valence-electron chi connectivity index (χ1n) is 6.57. The third kappa shape index (κ3) is 2.35. The van der Waals surface area contributed by atoms with E-state index in [1.165, 1.54) is 9.13 Å². The lowest BCUT2D eigenvalue weighted by molar-refractivity contribution is 0.210. The van der Waals surface area contributed by atoms with Crippen LogP contribution in [0.4, 0.5) is 0 Å². The van der Waals surface area contributed by atoms with Crippen molar-refractivity contribution in [2.45, 2.75) is 6.73 Å². The van der Waals surface area contributed by atoms with Gasteiger partial charge < -0.3 is 5.11 Å². The predicted molar refractivity (Wildman–Crippen MR) is 88.9 cm³/mol. The Morgan fingerprint density at radius 3 is 2.14 bits per heavy atom. The van der Waals surface area contributed by atoms with E-state index < -0.39 is 12.4 Å². The monoisotopic (exact) mass is 334 g/mol. The average Bonchev–Trinajstić information content (AvgIpc) is 2.81. The molecule has 1 aromatic heterocycles. The molecule has 0 aliphatic rings. The number of hydrogen-bond acceptors (Lipinski definition) is 2.